The van der Waals surface area contributed by atoms with E-state index in [1.807, 2.05) is 0 Å². The Bertz CT molecular complexity index is 212. The Hall–Kier alpha value is -0.160. The third kappa shape index (κ3) is 2.18. The Balaban J connectivity index is 1.94. The molecule has 3 unspecified atom stereocenters. The summed E-state index contributed by atoms with van der Waals surface area (Å²) in [6, 6.07) is 0. The van der Waals surface area contributed by atoms with Gasteiger partial charge in [0.1, 0.15) is 0 Å². The molecule has 2 heterocycles. The molecule has 15 heavy (non-hydrogen) atoms. The van der Waals surface area contributed by atoms with E-state index in [0.717, 1.165) is 25.4 Å². The topological polar surface area (TPSA) is 61.5 Å². The lowest BCUT2D eigenvalue weighted by atomic mass is 9.78. The van der Waals surface area contributed by atoms with Gasteiger partial charge in [-0.1, -0.05) is 0 Å². The molecule has 0 aromatic heterocycles. The van der Waals surface area contributed by atoms with E-state index in [2.05, 4.69) is 10.2 Å². The summed E-state index contributed by atoms with van der Waals surface area (Å²) in [4.78, 5) is 2.53. The van der Waals surface area contributed by atoms with Crippen LogP contribution in [0.4, 0.5) is 0 Å². The number of rotatable bonds is 5. The molecule has 4 heteroatoms. The van der Waals surface area contributed by atoms with E-state index < -0.39 is 0 Å². The van der Waals surface area contributed by atoms with Gasteiger partial charge in [-0.15, -0.1) is 0 Å². The van der Waals surface area contributed by atoms with E-state index in [1.54, 1.807) is 0 Å². The molecule has 0 radical (unpaired) electrons. The zero-order valence-electron chi connectivity index (χ0n) is 9.41. The lowest BCUT2D eigenvalue weighted by molar-refractivity contribution is 0.134. The molecular weight excluding hydrogens is 190 g/mol. The highest BCUT2D eigenvalue weighted by atomic mass is 16.3. The molecule has 2 rings (SSSR count). The third-order valence-corrected chi connectivity index (χ3v) is 4.10. The molecule has 0 aliphatic carbocycles. The maximum atomic E-state index is 8.80. The molecule has 3 atom stereocenters. The fourth-order valence-corrected chi connectivity index (χ4v) is 3.04. The summed E-state index contributed by atoms with van der Waals surface area (Å²) in [5, 5.41) is 12.4. The van der Waals surface area contributed by atoms with Crippen molar-refractivity contribution in [1.29, 1.82) is 0 Å². The lowest BCUT2D eigenvalue weighted by Gasteiger charge is -2.43. The van der Waals surface area contributed by atoms with Crippen molar-refractivity contribution in [1.82, 2.24) is 10.2 Å². The summed E-state index contributed by atoms with van der Waals surface area (Å²) in [7, 11) is 0. The smallest absolute Gasteiger partial charge is 0.0443 e. The standard InChI is InChI=1S/C11H23N3O/c12-9-11(13-4-1-7-15)3-6-14-5-2-10(11)8-14/h10,13,15H,1-9,12H2. The maximum absolute atomic E-state index is 8.80. The molecule has 4 N–H and O–H groups in total. The number of piperidine rings is 1. The molecule has 2 aliphatic heterocycles. The summed E-state index contributed by atoms with van der Waals surface area (Å²) in [6.07, 6.45) is 3.28. The normalized spacial score (nSPS) is 39.6. The van der Waals surface area contributed by atoms with Crippen LogP contribution in [0, 0.1) is 5.92 Å². The summed E-state index contributed by atoms with van der Waals surface area (Å²) in [5.74, 6) is 0.718. The van der Waals surface area contributed by atoms with Gasteiger partial charge in [0.2, 0.25) is 0 Å². The van der Waals surface area contributed by atoms with Gasteiger partial charge in [0.05, 0.1) is 0 Å². The Morgan fingerprint density at radius 3 is 3.07 bits per heavy atom. The van der Waals surface area contributed by atoms with Crippen molar-refractivity contribution in [2.24, 2.45) is 11.7 Å². The molecule has 0 saturated carbocycles. The first-order valence-corrected chi connectivity index (χ1v) is 6.09. The SMILES string of the molecule is NCC1(NCCCO)CCN2CCC1C2. The largest absolute Gasteiger partial charge is 0.396 e. The number of aliphatic hydroxyl groups is 1. The van der Waals surface area contributed by atoms with Crippen LogP contribution >= 0.6 is 0 Å². The van der Waals surface area contributed by atoms with Crippen LogP contribution in [0.25, 0.3) is 0 Å². The first kappa shape index (κ1) is 11.3. The quantitative estimate of drug-likeness (QED) is 0.533. The molecule has 0 aromatic rings. The molecule has 0 amide bonds. The van der Waals surface area contributed by atoms with Gasteiger partial charge >= 0.3 is 0 Å². The van der Waals surface area contributed by atoms with Crippen LogP contribution in [0.3, 0.4) is 0 Å². The van der Waals surface area contributed by atoms with Crippen LogP contribution < -0.4 is 11.1 Å². The molecular formula is C11H23N3O. The van der Waals surface area contributed by atoms with Gasteiger partial charge in [0.15, 0.2) is 0 Å². The van der Waals surface area contributed by atoms with Gasteiger partial charge in [-0.05, 0) is 44.8 Å². The van der Waals surface area contributed by atoms with Crippen molar-refractivity contribution in [3.8, 4) is 0 Å². The summed E-state index contributed by atoms with van der Waals surface area (Å²) in [5.41, 5.74) is 6.12. The molecule has 4 nitrogen and oxygen atoms in total. The van der Waals surface area contributed by atoms with E-state index in [-0.39, 0.29) is 12.1 Å². The zero-order chi connectivity index (χ0) is 10.7. The van der Waals surface area contributed by atoms with Crippen LogP contribution in [0.5, 0.6) is 0 Å². The van der Waals surface area contributed by atoms with Gasteiger partial charge in [-0.25, -0.2) is 0 Å². The Morgan fingerprint density at radius 2 is 2.33 bits per heavy atom. The highest BCUT2D eigenvalue weighted by Crippen LogP contribution is 2.34. The number of nitrogens with two attached hydrogens (primary N) is 1. The van der Waals surface area contributed by atoms with E-state index in [9.17, 15) is 0 Å². The molecule has 2 bridgehead atoms. The van der Waals surface area contributed by atoms with Crippen molar-refractivity contribution in [3.05, 3.63) is 0 Å². The van der Waals surface area contributed by atoms with Crippen molar-refractivity contribution >= 4 is 0 Å². The minimum absolute atomic E-state index is 0.155. The van der Waals surface area contributed by atoms with E-state index in [4.69, 9.17) is 10.8 Å². The second-order valence-electron chi connectivity index (χ2n) is 4.90. The summed E-state index contributed by atoms with van der Waals surface area (Å²) < 4.78 is 0. The van der Waals surface area contributed by atoms with Crippen LogP contribution in [0.2, 0.25) is 0 Å². The Morgan fingerprint density at radius 1 is 1.47 bits per heavy atom. The first-order chi connectivity index (χ1) is 7.30. The van der Waals surface area contributed by atoms with Gasteiger partial charge in [0.25, 0.3) is 0 Å². The maximum Gasteiger partial charge on any atom is 0.0443 e. The highest BCUT2D eigenvalue weighted by molar-refractivity contribution is 5.03. The van der Waals surface area contributed by atoms with Gasteiger partial charge < -0.3 is 21.1 Å². The average molecular weight is 213 g/mol. The van der Waals surface area contributed by atoms with Gasteiger partial charge in [-0.3, -0.25) is 0 Å². The number of hydrogen-bond acceptors (Lipinski definition) is 4. The average Bonchev–Trinajstić information content (AvgIpc) is 2.67. The van der Waals surface area contributed by atoms with Crippen LogP contribution in [0.15, 0.2) is 0 Å². The second kappa shape index (κ2) is 4.78. The van der Waals surface area contributed by atoms with Crippen LogP contribution in [-0.2, 0) is 0 Å². The van der Waals surface area contributed by atoms with Gasteiger partial charge in [0, 0.05) is 25.2 Å². The molecule has 88 valence electrons. The zero-order valence-corrected chi connectivity index (χ0v) is 9.41. The fraction of sp³-hybridized carbons (Fsp3) is 1.00. The van der Waals surface area contributed by atoms with E-state index in [0.29, 0.717) is 0 Å². The Labute approximate surface area is 91.8 Å². The van der Waals surface area contributed by atoms with Crippen molar-refractivity contribution < 1.29 is 5.11 Å². The number of aliphatic hydroxyl groups excluding tert-OH is 1. The van der Waals surface area contributed by atoms with Crippen LogP contribution in [0.1, 0.15) is 19.3 Å². The van der Waals surface area contributed by atoms with Crippen LogP contribution in [-0.4, -0.2) is 54.9 Å². The molecule has 2 saturated heterocycles. The van der Waals surface area contributed by atoms with Crippen molar-refractivity contribution in [2.45, 2.75) is 24.8 Å². The highest BCUT2D eigenvalue weighted by Gasteiger charge is 2.44. The molecule has 0 spiro atoms. The van der Waals surface area contributed by atoms with E-state index in [1.165, 1.54) is 32.5 Å². The minimum atomic E-state index is 0.155. The molecule has 0 aromatic carbocycles. The first-order valence-electron chi connectivity index (χ1n) is 6.09. The lowest BCUT2D eigenvalue weighted by Crippen LogP contribution is -2.60. The fourth-order valence-electron chi connectivity index (χ4n) is 3.04. The molecule has 2 fully saturated rings. The van der Waals surface area contributed by atoms with Crippen molar-refractivity contribution in [2.75, 3.05) is 39.3 Å². The summed E-state index contributed by atoms with van der Waals surface area (Å²) in [6.45, 7) is 5.53. The Kier molecular flexibility index (Phi) is 3.61. The van der Waals surface area contributed by atoms with Gasteiger partial charge in [-0.2, -0.15) is 0 Å². The van der Waals surface area contributed by atoms with Crippen molar-refractivity contribution in [3.63, 3.8) is 0 Å². The third-order valence-electron chi connectivity index (χ3n) is 4.10. The number of hydrogen-bond donors (Lipinski definition) is 3. The van der Waals surface area contributed by atoms with E-state index >= 15 is 0 Å². The number of fused-ring (bicyclic) bond motifs is 2. The monoisotopic (exact) mass is 213 g/mol. The second-order valence-corrected chi connectivity index (χ2v) is 4.90. The minimum Gasteiger partial charge on any atom is -0.396 e. The summed E-state index contributed by atoms with van der Waals surface area (Å²) >= 11 is 0. The molecule has 2 aliphatic rings. The predicted octanol–water partition coefficient (Wildman–Crippen LogP) is -0.618. The number of nitrogens with one attached hydrogen (secondary N) is 1. The number of nitrogens with zero attached hydrogens (tertiary/aromatic N) is 1. The predicted molar refractivity (Wildman–Crippen MR) is 60.7 cm³/mol.